The van der Waals surface area contributed by atoms with Gasteiger partial charge in [-0.3, -0.25) is 9.59 Å². The van der Waals surface area contributed by atoms with Crippen LogP contribution in [0.1, 0.15) is 38.3 Å². The van der Waals surface area contributed by atoms with Crippen LogP contribution in [0.3, 0.4) is 0 Å². The summed E-state index contributed by atoms with van der Waals surface area (Å²) in [7, 11) is -4.09. The number of benzene rings is 3. The van der Waals surface area contributed by atoms with Gasteiger partial charge in [0.05, 0.1) is 4.90 Å². The maximum atomic E-state index is 13.3. The molecular weight excluding hydrogens is 420 g/mol. The molecule has 0 aliphatic carbocycles. The second kappa shape index (κ2) is 8.94. The number of halogens is 1. The molecule has 0 N–H and O–H groups in total. The first-order valence-corrected chi connectivity index (χ1v) is 11.3. The maximum Gasteiger partial charge on any atom is 0.189 e. The standard InChI is InChI=1S/C24H21ClO4S/c1-16-3-7-18(8-4-16)22(26)15-23(24(27)19-9-11-20(25)12-10-19)30(28,29)21-13-5-17(2)6-14-21/h3-14,23H,15H2,1-2H3. The second-order valence-corrected chi connectivity index (χ2v) is 9.78. The third-order valence-corrected chi connectivity index (χ3v) is 7.20. The van der Waals surface area contributed by atoms with E-state index in [2.05, 4.69) is 0 Å². The van der Waals surface area contributed by atoms with Gasteiger partial charge in [0.25, 0.3) is 0 Å². The summed E-state index contributed by atoms with van der Waals surface area (Å²) in [5.74, 6) is -1.04. The second-order valence-electron chi connectivity index (χ2n) is 7.21. The van der Waals surface area contributed by atoms with Gasteiger partial charge >= 0.3 is 0 Å². The quantitative estimate of drug-likeness (QED) is 0.470. The summed E-state index contributed by atoms with van der Waals surface area (Å²) in [6.45, 7) is 3.73. The topological polar surface area (TPSA) is 68.3 Å². The molecule has 0 aliphatic heterocycles. The molecule has 0 aromatic heterocycles. The Morgan fingerprint density at radius 3 is 1.77 bits per heavy atom. The summed E-state index contributed by atoms with van der Waals surface area (Å²) in [6.07, 6.45) is -0.444. The van der Waals surface area contributed by atoms with E-state index in [0.717, 1.165) is 11.1 Å². The minimum Gasteiger partial charge on any atom is -0.294 e. The highest BCUT2D eigenvalue weighted by atomic mass is 35.5. The van der Waals surface area contributed by atoms with Gasteiger partial charge in [-0.1, -0.05) is 59.1 Å². The van der Waals surface area contributed by atoms with Crippen LogP contribution >= 0.6 is 11.6 Å². The number of hydrogen-bond acceptors (Lipinski definition) is 4. The Morgan fingerprint density at radius 2 is 1.23 bits per heavy atom. The Kier molecular flexibility index (Phi) is 6.54. The number of sulfone groups is 1. The number of carbonyl (C=O) groups excluding carboxylic acids is 2. The molecule has 154 valence electrons. The smallest absolute Gasteiger partial charge is 0.189 e. The number of ketones is 2. The van der Waals surface area contributed by atoms with E-state index in [4.69, 9.17) is 11.6 Å². The molecule has 0 spiro atoms. The van der Waals surface area contributed by atoms with Crippen LogP contribution in [0.4, 0.5) is 0 Å². The Hall–Kier alpha value is -2.76. The Balaban J connectivity index is 2.02. The molecule has 4 nitrogen and oxygen atoms in total. The van der Waals surface area contributed by atoms with E-state index in [1.54, 1.807) is 36.4 Å². The van der Waals surface area contributed by atoms with E-state index >= 15 is 0 Å². The number of carbonyl (C=O) groups is 2. The average Bonchev–Trinajstić information content (AvgIpc) is 2.72. The summed E-state index contributed by atoms with van der Waals surface area (Å²) in [4.78, 5) is 26.1. The summed E-state index contributed by atoms with van der Waals surface area (Å²) in [5, 5.41) is -1.10. The van der Waals surface area contributed by atoms with E-state index in [9.17, 15) is 18.0 Å². The fourth-order valence-electron chi connectivity index (χ4n) is 3.06. The van der Waals surface area contributed by atoms with E-state index in [1.807, 2.05) is 13.8 Å². The third kappa shape index (κ3) is 4.86. The monoisotopic (exact) mass is 440 g/mol. The molecule has 3 rings (SSSR count). The zero-order valence-electron chi connectivity index (χ0n) is 16.6. The predicted octanol–water partition coefficient (Wildman–Crippen LogP) is 5.26. The van der Waals surface area contributed by atoms with Gasteiger partial charge in [0.1, 0.15) is 5.25 Å². The Bertz CT molecular complexity index is 1160. The van der Waals surface area contributed by atoms with Crippen LogP contribution in [0.2, 0.25) is 5.02 Å². The molecule has 0 amide bonds. The van der Waals surface area contributed by atoms with Crippen molar-refractivity contribution >= 4 is 33.0 Å². The number of aryl methyl sites for hydroxylation is 2. The van der Waals surface area contributed by atoms with Gasteiger partial charge in [-0.2, -0.15) is 0 Å². The lowest BCUT2D eigenvalue weighted by molar-refractivity contribution is 0.0920. The van der Waals surface area contributed by atoms with E-state index in [0.29, 0.717) is 10.6 Å². The molecule has 1 unspecified atom stereocenters. The predicted molar refractivity (Wildman–Crippen MR) is 118 cm³/mol. The van der Waals surface area contributed by atoms with Crippen molar-refractivity contribution in [2.24, 2.45) is 0 Å². The van der Waals surface area contributed by atoms with Crippen molar-refractivity contribution in [3.8, 4) is 0 Å². The summed E-state index contributed by atoms with van der Waals surface area (Å²) in [5.41, 5.74) is 2.43. The molecule has 0 radical (unpaired) electrons. The van der Waals surface area contributed by atoms with Crippen molar-refractivity contribution in [3.63, 3.8) is 0 Å². The van der Waals surface area contributed by atoms with Gasteiger partial charge < -0.3 is 0 Å². The third-order valence-electron chi connectivity index (χ3n) is 4.89. The summed E-state index contributed by atoms with van der Waals surface area (Å²) in [6, 6.07) is 19.1. The zero-order valence-corrected chi connectivity index (χ0v) is 18.2. The Labute approximate surface area is 181 Å². The molecule has 6 heteroatoms. The Morgan fingerprint density at radius 1 is 0.767 bits per heavy atom. The molecule has 0 saturated heterocycles. The van der Waals surface area contributed by atoms with Crippen LogP contribution in [-0.2, 0) is 9.84 Å². The highest BCUT2D eigenvalue weighted by molar-refractivity contribution is 7.92. The van der Waals surface area contributed by atoms with Gasteiger partial charge in [-0.15, -0.1) is 0 Å². The maximum absolute atomic E-state index is 13.3. The number of hydrogen-bond donors (Lipinski definition) is 0. The molecule has 1 atom stereocenters. The average molecular weight is 441 g/mol. The first kappa shape index (κ1) is 21.9. The molecular formula is C24H21ClO4S. The minimum absolute atomic E-state index is 0.0112. The molecule has 0 heterocycles. The zero-order chi connectivity index (χ0) is 21.9. The van der Waals surface area contributed by atoms with Crippen molar-refractivity contribution in [1.82, 2.24) is 0 Å². The van der Waals surface area contributed by atoms with Gasteiger partial charge in [0, 0.05) is 22.6 Å². The molecule has 0 fully saturated rings. The fraction of sp³-hybridized carbons (Fsp3) is 0.167. The SMILES string of the molecule is Cc1ccc(C(=O)CC(C(=O)c2ccc(Cl)cc2)S(=O)(=O)c2ccc(C)cc2)cc1. The molecule has 30 heavy (non-hydrogen) atoms. The molecule has 3 aromatic carbocycles. The van der Waals surface area contributed by atoms with Gasteiger partial charge in [-0.25, -0.2) is 8.42 Å². The van der Waals surface area contributed by atoms with Crippen LogP contribution in [0.25, 0.3) is 0 Å². The summed E-state index contributed by atoms with van der Waals surface area (Å²) < 4.78 is 26.7. The van der Waals surface area contributed by atoms with Crippen LogP contribution in [0, 0.1) is 13.8 Å². The molecule has 0 bridgehead atoms. The highest BCUT2D eigenvalue weighted by Crippen LogP contribution is 2.25. The van der Waals surface area contributed by atoms with E-state index in [-0.39, 0.29) is 10.5 Å². The van der Waals surface area contributed by atoms with Crippen molar-refractivity contribution in [3.05, 3.63) is 100 Å². The highest BCUT2D eigenvalue weighted by Gasteiger charge is 2.36. The normalized spacial score (nSPS) is 12.4. The van der Waals surface area contributed by atoms with E-state index in [1.165, 1.54) is 36.4 Å². The lowest BCUT2D eigenvalue weighted by atomic mass is 10.0. The van der Waals surface area contributed by atoms with Crippen molar-refractivity contribution < 1.29 is 18.0 Å². The van der Waals surface area contributed by atoms with Crippen molar-refractivity contribution in [2.75, 3.05) is 0 Å². The first-order valence-electron chi connectivity index (χ1n) is 9.38. The van der Waals surface area contributed by atoms with Gasteiger partial charge in [0.2, 0.25) is 0 Å². The lowest BCUT2D eigenvalue weighted by Crippen LogP contribution is -2.33. The molecule has 3 aromatic rings. The van der Waals surface area contributed by atoms with E-state index < -0.39 is 33.1 Å². The largest absolute Gasteiger partial charge is 0.294 e. The van der Waals surface area contributed by atoms with Crippen molar-refractivity contribution in [2.45, 2.75) is 30.4 Å². The fourth-order valence-corrected chi connectivity index (χ4v) is 4.82. The minimum atomic E-state index is -4.09. The van der Waals surface area contributed by atoms with Crippen molar-refractivity contribution in [1.29, 1.82) is 0 Å². The molecule has 0 saturated carbocycles. The first-order chi connectivity index (χ1) is 14.2. The van der Waals surface area contributed by atoms with Crippen LogP contribution in [0.15, 0.2) is 77.7 Å². The van der Waals surface area contributed by atoms with Crippen LogP contribution in [0.5, 0.6) is 0 Å². The van der Waals surface area contributed by atoms with Gasteiger partial charge in [-0.05, 0) is 50.2 Å². The number of Topliss-reactive ketones (excluding diaryl/α,β-unsaturated/α-hetero) is 2. The van der Waals surface area contributed by atoms with Crippen LogP contribution < -0.4 is 0 Å². The van der Waals surface area contributed by atoms with Gasteiger partial charge in [0.15, 0.2) is 21.4 Å². The number of rotatable bonds is 7. The molecule has 0 aliphatic rings. The lowest BCUT2D eigenvalue weighted by Gasteiger charge is -2.17. The van der Waals surface area contributed by atoms with Crippen LogP contribution in [-0.4, -0.2) is 25.2 Å². The summed E-state index contributed by atoms with van der Waals surface area (Å²) >= 11 is 5.89.